The Labute approximate surface area is 361 Å². The van der Waals surface area contributed by atoms with E-state index in [9.17, 15) is 19.2 Å². The summed E-state index contributed by atoms with van der Waals surface area (Å²) in [7, 11) is 3.37. The normalized spacial score (nSPS) is 22.2. The van der Waals surface area contributed by atoms with Crippen molar-refractivity contribution in [2.75, 3.05) is 50.1 Å². The van der Waals surface area contributed by atoms with Crippen molar-refractivity contribution >= 4 is 51.0 Å². The van der Waals surface area contributed by atoms with Crippen LogP contribution in [0.15, 0.2) is 59.8 Å². The molecule has 4 aliphatic rings. The van der Waals surface area contributed by atoms with E-state index in [1.807, 2.05) is 24.3 Å². The number of imide groups is 1. The molecule has 3 aromatic heterocycles. The van der Waals surface area contributed by atoms with E-state index in [0.29, 0.717) is 46.4 Å². The van der Waals surface area contributed by atoms with E-state index >= 15 is 0 Å². The number of methoxy groups -OCH3 is 1. The van der Waals surface area contributed by atoms with Crippen molar-refractivity contribution in [3.8, 4) is 5.75 Å². The largest absolute Gasteiger partial charge is 0.494 e. The molecule has 1 aliphatic carbocycles. The third kappa shape index (κ3) is 7.74. The Morgan fingerprint density at radius 3 is 2.45 bits per heavy atom. The lowest BCUT2D eigenvalue weighted by molar-refractivity contribution is -0.135. The molecule has 0 radical (unpaired) electrons. The second-order valence-electron chi connectivity index (χ2n) is 18.6. The van der Waals surface area contributed by atoms with Crippen LogP contribution < -0.4 is 26.0 Å². The third-order valence-corrected chi connectivity index (χ3v) is 14.5. The van der Waals surface area contributed by atoms with Gasteiger partial charge in [0, 0.05) is 77.0 Å². The Balaban J connectivity index is 0.776. The highest BCUT2D eigenvalue weighted by atomic mass is 16.5. The first kappa shape index (κ1) is 41.3. The number of para-hydroxylation sites is 1. The number of aromatic nitrogens is 5. The minimum atomic E-state index is -0.783. The molecule has 1 saturated carbocycles. The number of nitrogens with zero attached hydrogens (tertiary/aromatic N) is 8. The number of ether oxygens (including phenoxy) is 1. The van der Waals surface area contributed by atoms with E-state index in [1.165, 1.54) is 31.9 Å². The Bertz CT molecular complexity index is 2640. The van der Waals surface area contributed by atoms with Gasteiger partial charge in [-0.2, -0.15) is 5.10 Å². The summed E-state index contributed by atoms with van der Waals surface area (Å²) in [6, 6.07) is 11.1. The number of likely N-dealkylation sites (tertiary alicyclic amines) is 1. The van der Waals surface area contributed by atoms with Gasteiger partial charge < -0.3 is 24.7 Å². The first-order valence-electron chi connectivity index (χ1n) is 22.1. The molecule has 3 saturated heterocycles. The maximum Gasteiger partial charge on any atom is 0.329 e. The summed E-state index contributed by atoms with van der Waals surface area (Å²) >= 11 is 0. The van der Waals surface area contributed by atoms with Gasteiger partial charge in [0.2, 0.25) is 11.8 Å². The smallest absolute Gasteiger partial charge is 0.329 e. The summed E-state index contributed by atoms with van der Waals surface area (Å²) in [5.41, 5.74) is 4.39. The van der Waals surface area contributed by atoms with Crippen LogP contribution in [0.4, 0.5) is 11.4 Å². The van der Waals surface area contributed by atoms with Crippen LogP contribution >= 0.6 is 0 Å². The number of hydrogen-bond acceptors (Lipinski definition) is 9. The molecule has 324 valence electrons. The number of nitrogens with one attached hydrogen (secondary N) is 2. The minimum Gasteiger partial charge on any atom is -0.494 e. The fourth-order valence-corrected chi connectivity index (χ4v) is 10.5. The molecule has 9 rings (SSSR count). The molecular weight excluding hydrogens is 785 g/mol. The van der Waals surface area contributed by atoms with Crippen molar-refractivity contribution < 1.29 is 19.1 Å². The van der Waals surface area contributed by atoms with Crippen LogP contribution in [0.1, 0.15) is 106 Å². The van der Waals surface area contributed by atoms with Crippen molar-refractivity contribution in [1.29, 1.82) is 0 Å². The van der Waals surface area contributed by atoms with E-state index < -0.39 is 17.5 Å². The number of anilines is 2. The van der Waals surface area contributed by atoms with Gasteiger partial charge in [-0.3, -0.25) is 38.5 Å². The Morgan fingerprint density at radius 1 is 1.00 bits per heavy atom. The lowest BCUT2D eigenvalue weighted by Gasteiger charge is -2.48. The average Bonchev–Trinajstić information content (AvgIpc) is 3.81. The fourth-order valence-electron chi connectivity index (χ4n) is 10.5. The molecule has 3 aliphatic heterocycles. The van der Waals surface area contributed by atoms with Gasteiger partial charge in [-0.05, 0) is 106 Å². The number of carbonyl (C=O) groups is 3. The zero-order chi connectivity index (χ0) is 43.3. The van der Waals surface area contributed by atoms with Crippen LogP contribution in [-0.4, -0.2) is 86.4 Å². The second-order valence-corrected chi connectivity index (χ2v) is 18.6. The zero-order valence-corrected chi connectivity index (χ0v) is 36.2. The molecule has 62 heavy (non-hydrogen) atoms. The topological polar surface area (TPSA) is 153 Å². The highest BCUT2D eigenvalue weighted by Crippen LogP contribution is 2.44. The van der Waals surface area contributed by atoms with Crippen molar-refractivity contribution in [2.24, 2.45) is 18.4 Å². The number of piperidine rings is 3. The molecular formula is C47H56N10O5. The first-order chi connectivity index (χ1) is 29.8. The Kier molecular flexibility index (Phi) is 10.9. The second kappa shape index (κ2) is 16.4. The molecule has 5 aromatic rings. The molecule has 6 heterocycles. The maximum atomic E-state index is 13.5. The van der Waals surface area contributed by atoms with Crippen LogP contribution in [0.3, 0.4) is 0 Å². The summed E-state index contributed by atoms with van der Waals surface area (Å²) in [5.74, 6) is 0.180. The van der Waals surface area contributed by atoms with E-state index in [1.54, 1.807) is 49.4 Å². The summed E-state index contributed by atoms with van der Waals surface area (Å²) in [6.07, 6.45) is 14.9. The van der Waals surface area contributed by atoms with Crippen molar-refractivity contribution in [1.82, 2.24) is 34.1 Å². The molecule has 4 fully saturated rings. The molecule has 15 heteroatoms. The summed E-state index contributed by atoms with van der Waals surface area (Å²) in [5, 5.41) is 11.3. The SMILES string of the molecule is [C-]#[N+]C(C)(C)c1cncc(C(=O)Nc2cc3cn(C4CCC(CN5CCC6(CC5)CCN(c5cccc7c5n(C)c(=O)n7C5CCC(=O)NC5=O)CC6)CC4)nc3cc2OC)c1. The van der Waals surface area contributed by atoms with Crippen molar-refractivity contribution in [3.63, 3.8) is 0 Å². The number of amides is 3. The lowest BCUT2D eigenvalue weighted by atomic mass is 9.71. The Hall–Kier alpha value is -6.01. The summed E-state index contributed by atoms with van der Waals surface area (Å²) < 4.78 is 11.0. The molecule has 1 unspecified atom stereocenters. The van der Waals surface area contributed by atoms with Crippen LogP contribution in [0.25, 0.3) is 26.8 Å². The van der Waals surface area contributed by atoms with E-state index in [4.69, 9.17) is 16.4 Å². The van der Waals surface area contributed by atoms with Gasteiger partial charge in [0.05, 0.1) is 52.2 Å². The minimum absolute atomic E-state index is 0.224. The highest BCUT2D eigenvalue weighted by Gasteiger charge is 2.39. The first-order valence-corrected chi connectivity index (χ1v) is 22.1. The van der Waals surface area contributed by atoms with Crippen LogP contribution in [0.5, 0.6) is 5.75 Å². The molecule has 1 spiro atoms. The lowest BCUT2D eigenvalue weighted by Crippen LogP contribution is -2.48. The molecule has 2 N–H and O–H groups in total. The number of hydrogen-bond donors (Lipinski definition) is 2. The van der Waals surface area contributed by atoms with Gasteiger partial charge in [0.25, 0.3) is 11.4 Å². The van der Waals surface area contributed by atoms with Crippen LogP contribution in [0, 0.1) is 17.9 Å². The van der Waals surface area contributed by atoms with Gasteiger partial charge >= 0.3 is 5.69 Å². The van der Waals surface area contributed by atoms with Crippen molar-refractivity contribution in [2.45, 2.75) is 95.7 Å². The third-order valence-electron chi connectivity index (χ3n) is 14.5. The molecule has 15 nitrogen and oxygen atoms in total. The standard InChI is InChI=1S/C47H56N10O5/c1-46(2,48-3)33-23-31(26-49-27-33)43(59)50-36-24-32-29-56(52-35(32)25-40(36)62-5)34-11-9-30(10-12-34)28-54-19-15-47(16-20-54)17-21-55(22-18-47)37-7-6-8-38-42(37)53(4)45(61)57(38)39-13-14-41(58)51-44(39)60/h6-8,23-27,29-30,34,39H,9-22,28H2,1-2,4-5H3,(H,50,59)(H,51,58,60). The number of imidazole rings is 1. The number of benzene rings is 2. The molecule has 1 atom stereocenters. The predicted octanol–water partition coefficient (Wildman–Crippen LogP) is 6.59. The number of carbonyl (C=O) groups excluding carboxylic acids is 3. The van der Waals surface area contributed by atoms with Gasteiger partial charge in [-0.25, -0.2) is 11.4 Å². The van der Waals surface area contributed by atoms with Gasteiger partial charge in [0.1, 0.15) is 11.8 Å². The quantitative estimate of drug-likeness (QED) is 0.124. The van der Waals surface area contributed by atoms with Crippen LogP contribution in [0.2, 0.25) is 0 Å². The number of pyridine rings is 1. The van der Waals surface area contributed by atoms with Gasteiger partial charge in [0.15, 0.2) is 0 Å². The Morgan fingerprint density at radius 2 is 1.74 bits per heavy atom. The number of rotatable bonds is 9. The number of fused-ring (bicyclic) bond motifs is 2. The van der Waals surface area contributed by atoms with Gasteiger partial charge in [-0.15, -0.1) is 0 Å². The van der Waals surface area contributed by atoms with Gasteiger partial charge in [-0.1, -0.05) is 6.07 Å². The zero-order valence-electron chi connectivity index (χ0n) is 36.2. The number of aryl methyl sites for hydroxylation is 1. The van der Waals surface area contributed by atoms with Crippen molar-refractivity contribution in [3.05, 3.63) is 88.0 Å². The van der Waals surface area contributed by atoms with E-state index in [-0.39, 0.29) is 23.9 Å². The van der Waals surface area contributed by atoms with E-state index in [0.717, 1.165) is 86.0 Å². The maximum absolute atomic E-state index is 13.5. The predicted molar refractivity (Wildman–Crippen MR) is 237 cm³/mol. The average molecular weight is 841 g/mol. The summed E-state index contributed by atoms with van der Waals surface area (Å²) in [4.78, 5) is 64.5. The molecule has 3 amide bonds. The summed E-state index contributed by atoms with van der Waals surface area (Å²) in [6.45, 7) is 16.4. The molecule has 2 aromatic carbocycles. The van der Waals surface area contributed by atoms with E-state index in [2.05, 4.69) is 47.2 Å². The van der Waals surface area contributed by atoms with Crippen LogP contribution in [-0.2, 0) is 22.2 Å². The molecule has 0 bridgehead atoms. The fraction of sp³-hybridized carbons (Fsp3) is 0.511. The monoisotopic (exact) mass is 840 g/mol. The highest BCUT2D eigenvalue weighted by molar-refractivity contribution is 6.06.